The molecule has 2 aliphatic rings. The number of alkyl halides is 3. The number of aryl methyl sites for hydroxylation is 1. The molecule has 1 saturated heterocycles. The van der Waals surface area contributed by atoms with Crippen LogP contribution in [0.25, 0.3) is 5.57 Å². The molecule has 2 aliphatic heterocycles. The number of hydrogen-bond acceptors (Lipinski definition) is 3. The number of benzene rings is 2. The Balaban J connectivity index is 1.73. The van der Waals surface area contributed by atoms with Crippen molar-refractivity contribution < 1.29 is 22.8 Å². The molecule has 0 radical (unpaired) electrons. The third-order valence-corrected chi connectivity index (χ3v) is 6.26. The summed E-state index contributed by atoms with van der Waals surface area (Å²) in [7, 11) is 0. The summed E-state index contributed by atoms with van der Waals surface area (Å²) in [5.41, 5.74) is 1.81. The first-order valence-electron chi connectivity index (χ1n) is 11.1. The number of hydrogen-bond donors (Lipinski definition) is 0. The quantitative estimate of drug-likeness (QED) is 0.589. The van der Waals surface area contributed by atoms with Crippen LogP contribution in [0.2, 0.25) is 0 Å². The monoisotopic (exact) mass is 456 g/mol. The van der Waals surface area contributed by atoms with Crippen molar-refractivity contribution in [3.05, 3.63) is 76.5 Å². The molecular formula is C26H27F3N2O2. The Labute approximate surface area is 191 Å². The van der Waals surface area contributed by atoms with Crippen LogP contribution in [0, 0.1) is 18.8 Å². The van der Waals surface area contributed by atoms with E-state index in [1.54, 1.807) is 0 Å². The van der Waals surface area contributed by atoms with Crippen molar-refractivity contribution in [1.29, 1.82) is 0 Å². The number of halogens is 3. The highest BCUT2D eigenvalue weighted by Crippen LogP contribution is 2.36. The largest absolute Gasteiger partial charge is 0.416 e. The number of carbonyl (C=O) groups is 2. The van der Waals surface area contributed by atoms with Crippen molar-refractivity contribution in [2.24, 2.45) is 11.8 Å². The highest BCUT2D eigenvalue weighted by molar-refractivity contribution is 6.35. The standard InChI is InChI=1S/C26H27F3N2O2/c1-16-7-9-20(10-8-16)22-23(30-13-17(2)11-18(3)14-30)25(33)31(24(22)32)15-19-5-4-6-21(12-19)26(27,28)29/h4-10,12,17-18H,11,13-15H2,1-3H3. The van der Waals surface area contributed by atoms with E-state index in [1.807, 2.05) is 36.1 Å². The maximum absolute atomic E-state index is 13.5. The van der Waals surface area contributed by atoms with Crippen molar-refractivity contribution in [1.82, 2.24) is 9.80 Å². The summed E-state index contributed by atoms with van der Waals surface area (Å²) in [5, 5.41) is 0. The lowest BCUT2D eigenvalue weighted by Gasteiger charge is -2.37. The second kappa shape index (κ2) is 8.69. The maximum Gasteiger partial charge on any atom is 0.416 e. The molecular weight excluding hydrogens is 429 g/mol. The van der Waals surface area contributed by atoms with Gasteiger partial charge in [-0.25, -0.2) is 0 Å². The van der Waals surface area contributed by atoms with Gasteiger partial charge in [0.25, 0.3) is 11.8 Å². The first kappa shape index (κ1) is 23.1. The number of piperidine rings is 1. The second-order valence-electron chi connectivity index (χ2n) is 9.34. The number of imide groups is 1. The Morgan fingerprint density at radius 1 is 0.939 bits per heavy atom. The molecule has 7 heteroatoms. The van der Waals surface area contributed by atoms with Crippen LogP contribution in [0.4, 0.5) is 13.2 Å². The lowest BCUT2D eigenvalue weighted by atomic mass is 9.91. The summed E-state index contributed by atoms with van der Waals surface area (Å²) in [5.74, 6) is -0.196. The SMILES string of the molecule is Cc1ccc(C2=C(N3CC(C)CC(C)C3)C(=O)N(Cc3cccc(C(F)(F)F)c3)C2=O)cc1. The third kappa shape index (κ3) is 4.68. The van der Waals surface area contributed by atoms with Gasteiger partial charge in [0.2, 0.25) is 0 Å². The number of carbonyl (C=O) groups excluding carboxylic acids is 2. The Morgan fingerprint density at radius 2 is 1.58 bits per heavy atom. The van der Waals surface area contributed by atoms with Gasteiger partial charge in [-0.2, -0.15) is 13.2 Å². The maximum atomic E-state index is 13.5. The number of amides is 2. The molecule has 0 spiro atoms. The highest BCUT2D eigenvalue weighted by Gasteiger charge is 2.43. The molecule has 1 fully saturated rings. The van der Waals surface area contributed by atoms with E-state index >= 15 is 0 Å². The average molecular weight is 457 g/mol. The molecule has 174 valence electrons. The van der Waals surface area contributed by atoms with Crippen LogP contribution < -0.4 is 0 Å². The summed E-state index contributed by atoms with van der Waals surface area (Å²) >= 11 is 0. The second-order valence-corrected chi connectivity index (χ2v) is 9.34. The number of likely N-dealkylation sites (tertiary alicyclic amines) is 1. The van der Waals surface area contributed by atoms with Crippen LogP contribution in [-0.4, -0.2) is 34.7 Å². The van der Waals surface area contributed by atoms with E-state index < -0.39 is 23.6 Å². The predicted octanol–water partition coefficient (Wildman–Crippen LogP) is 5.27. The minimum absolute atomic E-state index is 0.209. The molecule has 0 aliphatic carbocycles. The molecule has 2 heterocycles. The van der Waals surface area contributed by atoms with E-state index in [4.69, 9.17) is 0 Å². The fourth-order valence-corrected chi connectivity index (χ4v) is 4.85. The van der Waals surface area contributed by atoms with Crippen molar-refractivity contribution in [3.63, 3.8) is 0 Å². The minimum atomic E-state index is -4.49. The summed E-state index contributed by atoms with van der Waals surface area (Å²) in [6, 6.07) is 12.2. The van der Waals surface area contributed by atoms with Crippen LogP contribution in [0.3, 0.4) is 0 Å². The Morgan fingerprint density at radius 3 is 2.18 bits per heavy atom. The number of nitrogens with zero attached hydrogens (tertiary/aromatic N) is 2. The molecule has 33 heavy (non-hydrogen) atoms. The van der Waals surface area contributed by atoms with Crippen LogP contribution in [0.5, 0.6) is 0 Å². The van der Waals surface area contributed by atoms with Gasteiger partial charge in [0, 0.05) is 13.1 Å². The van der Waals surface area contributed by atoms with E-state index in [2.05, 4.69) is 13.8 Å². The summed E-state index contributed by atoms with van der Waals surface area (Å²) in [4.78, 5) is 30.1. The summed E-state index contributed by atoms with van der Waals surface area (Å²) < 4.78 is 39.5. The first-order chi connectivity index (χ1) is 15.5. The molecule has 0 bridgehead atoms. The first-order valence-corrected chi connectivity index (χ1v) is 11.1. The van der Waals surface area contributed by atoms with Crippen molar-refractivity contribution in [2.45, 2.75) is 39.9 Å². The molecule has 4 rings (SSSR count). The van der Waals surface area contributed by atoms with Gasteiger partial charge < -0.3 is 4.90 Å². The molecule has 0 N–H and O–H groups in total. The zero-order valence-electron chi connectivity index (χ0n) is 18.9. The zero-order valence-corrected chi connectivity index (χ0v) is 18.9. The van der Waals surface area contributed by atoms with Crippen LogP contribution >= 0.6 is 0 Å². The van der Waals surface area contributed by atoms with Crippen molar-refractivity contribution in [2.75, 3.05) is 13.1 Å². The molecule has 2 amide bonds. The molecule has 2 unspecified atom stereocenters. The van der Waals surface area contributed by atoms with Gasteiger partial charge in [0.05, 0.1) is 17.7 Å². The fourth-order valence-electron chi connectivity index (χ4n) is 4.85. The lowest BCUT2D eigenvalue weighted by Crippen LogP contribution is -2.41. The average Bonchev–Trinajstić information content (AvgIpc) is 2.98. The van der Waals surface area contributed by atoms with Crippen molar-refractivity contribution >= 4 is 17.4 Å². The van der Waals surface area contributed by atoms with E-state index in [9.17, 15) is 22.8 Å². The van der Waals surface area contributed by atoms with Crippen molar-refractivity contribution in [3.8, 4) is 0 Å². The smallest absolute Gasteiger partial charge is 0.366 e. The Hall–Kier alpha value is -3.09. The van der Waals surface area contributed by atoms with Crippen LogP contribution in [-0.2, 0) is 22.3 Å². The minimum Gasteiger partial charge on any atom is -0.366 e. The van der Waals surface area contributed by atoms with Gasteiger partial charge in [0.15, 0.2) is 0 Å². The zero-order chi connectivity index (χ0) is 23.9. The Kier molecular flexibility index (Phi) is 6.08. The topological polar surface area (TPSA) is 40.6 Å². The normalized spacial score (nSPS) is 21.9. The lowest BCUT2D eigenvalue weighted by molar-refractivity contribution is -0.138. The third-order valence-electron chi connectivity index (χ3n) is 6.26. The van der Waals surface area contributed by atoms with Gasteiger partial charge >= 0.3 is 6.18 Å². The molecule has 2 aromatic rings. The molecule has 4 nitrogen and oxygen atoms in total. The summed E-state index contributed by atoms with van der Waals surface area (Å²) in [6.45, 7) is 7.29. The molecule has 0 saturated carbocycles. The van der Waals surface area contributed by atoms with Gasteiger partial charge in [-0.15, -0.1) is 0 Å². The molecule has 2 aromatic carbocycles. The number of rotatable bonds is 4. The molecule has 0 aromatic heterocycles. The van der Waals surface area contributed by atoms with E-state index in [-0.39, 0.29) is 12.1 Å². The van der Waals surface area contributed by atoms with Gasteiger partial charge in [-0.3, -0.25) is 14.5 Å². The van der Waals surface area contributed by atoms with E-state index in [0.29, 0.717) is 41.8 Å². The fraction of sp³-hybridized carbons (Fsp3) is 0.385. The summed E-state index contributed by atoms with van der Waals surface area (Å²) in [6.07, 6.45) is -3.45. The predicted molar refractivity (Wildman–Crippen MR) is 120 cm³/mol. The van der Waals surface area contributed by atoms with E-state index in [1.165, 1.54) is 12.1 Å². The molecule has 2 atom stereocenters. The van der Waals surface area contributed by atoms with Crippen LogP contribution in [0.1, 0.15) is 42.5 Å². The van der Waals surface area contributed by atoms with Gasteiger partial charge in [-0.1, -0.05) is 55.8 Å². The van der Waals surface area contributed by atoms with E-state index in [0.717, 1.165) is 29.0 Å². The highest BCUT2D eigenvalue weighted by atomic mass is 19.4. The van der Waals surface area contributed by atoms with Crippen LogP contribution in [0.15, 0.2) is 54.2 Å². The van der Waals surface area contributed by atoms with Gasteiger partial charge in [-0.05, 0) is 48.4 Å². The van der Waals surface area contributed by atoms with Gasteiger partial charge in [0.1, 0.15) is 5.70 Å². The Bertz CT molecular complexity index is 1100.